The summed E-state index contributed by atoms with van der Waals surface area (Å²) in [6, 6.07) is 4.97. The quantitative estimate of drug-likeness (QED) is 0.668. The summed E-state index contributed by atoms with van der Waals surface area (Å²) >= 11 is 0. The summed E-state index contributed by atoms with van der Waals surface area (Å²) < 4.78 is 4.68. The maximum Gasteiger partial charge on any atom is 0.338 e. The molecular formula is C12H13N3O5. The molecule has 0 heterocycles. The molecule has 1 rings (SSSR count). The van der Waals surface area contributed by atoms with Gasteiger partial charge in [-0.3, -0.25) is 14.9 Å². The van der Waals surface area contributed by atoms with Crippen LogP contribution < -0.4 is 16.4 Å². The Hall–Kier alpha value is -2.90. The highest BCUT2D eigenvalue weighted by molar-refractivity contribution is 5.97. The first-order valence-corrected chi connectivity index (χ1v) is 5.52. The van der Waals surface area contributed by atoms with E-state index in [4.69, 9.17) is 5.73 Å². The van der Waals surface area contributed by atoms with Crippen molar-refractivity contribution in [1.82, 2.24) is 5.32 Å². The second kappa shape index (κ2) is 6.88. The smallest absolute Gasteiger partial charge is 0.338 e. The number of amides is 4. The van der Waals surface area contributed by atoms with Crippen molar-refractivity contribution in [2.24, 2.45) is 5.73 Å². The van der Waals surface area contributed by atoms with Crippen molar-refractivity contribution in [1.29, 1.82) is 0 Å². The van der Waals surface area contributed by atoms with Crippen LogP contribution in [0.4, 0.5) is 10.5 Å². The number of imide groups is 1. The van der Waals surface area contributed by atoms with E-state index >= 15 is 0 Å². The van der Waals surface area contributed by atoms with Crippen molar-refractivity contribution in [2.75, 3.05) is 11.9 Å². The van der Waals surface area contributed by atoms with Crippen LogP contribution in [0, 0.1) is 0 Å². The van der Waals surface area contributed by atoms with Gasteiger partial charge in [0.15, 0.2) is 6.61 Å². The van der Waals surface area contributed by atoms with Crippen LogP contribution in [-0.2, 0) is 14.3 Å². The summed E-state index contributed by atoms with van der Waals surface area (Å²) in [5, 5.41) is 4.26. The average molecular weight is 279 g/mol. The Kier molecular flexibility index (Phi) is 5.21. The lowest BCUT2D eigenvalue weighted by Gasteiger charge is -2.06. The third-order valence-electron chi connectivity index (χ3n) is 2.02. The number of carbonyl (C=O) groups is 4. The fraction of sp³-hybridized carbons (Fsp3) is 0.167. The minimum Gasteiger partial charge on any atom is -0.452 e. The number of urea groups is 1. The lowest BCUT2D eigenvalue weighted by atomic mass is 10.2. The second-order valence-corrected chi connectivity index (χ2v) is 3.75. The molecule has 20 heavy (non-hydrogen) atoms. The monoisotopic (exact) mass is 279 g/mol. The Balaban J connectivity index is 2.61. The van der Waals surface area contributed by atoms with Crippen LogP contribution in [0.25, 0.3) is 0 Å². The maximum atomic E-state index is 11.6. The number of primary amides is 1. The van der Waals surface area contributed by atoms with Crippen LogP contribution in [0.3, 0.4) is 0 Å². The minimum absolute atomic E-state index is 0.156. The Morgan fingerprint density at radius 2 is 1.95 bits per heavy atom. The number of esters is 1. The average Bonchev–Trinajstić information content (AvgIpc) is 2.34. The van der Waals surface area contributed by atoms with Crippen LogP contribution in [0.2, 0.25) is 0 Å². The van der Waals surface area contributed by atoms with Crippen LogP contribution >= 0.6 is 0 Å². The summed E-state index contributed by atoms with van der Waals surface area (Å²) in [7, 11) is 0. The molecule has 0 spiro atoms. The molecule has 0 fully saturated rings. The van der Waals surface area contributed by atoms with Gasteiger partial charge in [-0.1, -0.05) is 6.07 Å². The zero-order valence-electron chi connectivity index (χ0n) is 10.6. The largest absolute Gasteiger partial charge is 0.452 e. The summed E-state index contributed by atoms with van der Waals surface area (Å²) in [6.45, 7) is 0.700. The van der Waals surface area contributed by atoms with E-state index in [2.05, 4.69) is 10.1 Å². The third kappa shape index (κ3) is 5.17. The van der Waals surface area contributed by atoms with E-state index in [1.165, 1.54) is 19.1 Å². The number of nitrogens with one attached hydrogen (secondary N) is 2. The Bertz CT molecular complexity index is 556. The molecular weight excluding hydrogens is 266 g/mol. The maximum absolute atomic E-state index is 11.6. The van der Waals surface area contributed by atoms with Gasteiger partial charge in [-0.2, -0.15) is 0 Å². The molecule has 8 nitrogen and oxygen atoms in total. The van der Waals surface area contributed by atoms with Crippen molar-refractivity contribution in [3.05, 3.63) is 29.8 Å². The van der Waals surface area contributed by atoms with E-state index in [-0.39, 0.29) is 11.5 Å². The van der Waals surface area contributed by atoms with Crippen molar-refractivity contribution in [3.63, 3.8) is 0 Å². The van der Waals surface area contributed by atoms with Gasteiger partial charge in [0.1, 0.15) is 0 Å². The molecule has 106 valence electrons. The first kappa shape index (κ1) is 15.2. The molecule has 0 bridgehead atoms. The van der Waals surface area contributed by atoms with Gasteiger partial charge in [-0.25, -0.2) is 9.59 Å². The van der Waals surface area contributed by atoms with Gasteiger partial charge in [-0.05, 0) is 18.2 Å². The summed E-state index contributed by atoms with van der Waals surface area (Å²) in [5.41, 5.74) is 5.31. The summed E-state index contributed by atoms with van der Waals surface area (Å²) in [4.78, 5) is 44.0. The van der Waals surface area contributed by atoms with Crippen molar-refractivity contribution in [3.8, 4) is 0 Å². The molecule has 1 aromatic rings. The zero-order valence-corrected chi connectivity index (χ0v) is 10.6. The number of rotatable bonds is 4. The van der Waals surface area contributed by atoms with Gasteiger partial charge in [-0.15, -0.1) is 0 Å². The molecule has 0 aliphatic carbocycles. The van der Waals surface area contributed by atoms with E-state index in [9.17, 15) is 19.2 Å². The Morgan fingerprint density at radius 3 is 2.55 bits per heavy atom. The van der Waals surface area contributed by atoms with Crippen molar-refractivity contribution < 1.29 is 23.9 Å². The standard InChI is InChI=1S/C12H13N3O5/c1-7(16)14-9-4-2-3-8(5-9)11(18)20-6-10(17)15-12(13)19/h2-5H,6H2,1H3,(H,14,16)(H3,13,15,17,19). The predicted molar refractivity (Wildman–Crippen MR) is 68.8 cm³/mol. The van der Waals surface area contributed by atoms with E-state index in [1.54, 1.807) is 17.4 Å². The highest BCUT2D eigenvalue weighted by atomic mass is 16.5. The van der Waals surface area contributed by atoms with Gasteiger partial charge in [0.05, 0.1) is 5.56 Å². The summed E-state index contributed by atoms with van der Waals surface area (Å²) in [6.07, 6.45) is 0. The van der Waals surface area contributed by atoms with Gasteiger partial charge in [0, 0.05) is 12.6 Å². The number of hydrogen-bond donors (Lipinski definition) is 3. The lowest BCUT2D eigenvalue weighted by Crippen LogP contribution is -2.37. The van der Waals surface area contributed by atoms with Gasteiger partial charge in [0.25, 0.3) is 5.91 Å². The Labute approximate surface area is 114 Å². The van der Waals surface area contributed by atoms with Crippen LogP contribution in [0.15, 0.2) is 24.3 Å². The SMILES string of the molecule is CC(=O)Nc1cccc(C(=O)OCC(=O)NC(N)=O)c1. The van der Waals surface area contributed by atoms with E-state index in [0.29, 0.717) is 5.69 Å². The zero-order chi connectivity index (χ0) is 15.1. The number of carbonyl (C=O) groups excluding carboxylic acids is 4. The van der Waals surface area contributed by atoms with E-state index in [0.717, 1.165) is 0 Å². The molecule has 8 heteroatoms. The molecule has 1 aromatic carbocycles. The first-order valence-electron chi connectivity index (χ1n) is 5.52. The molecule has 4 amide bonds. The first-order chi connectivity index (χ1) is 9.38. The molecule has 0 radical (unpaired) electrons. The number of nitrogens with two attached hydrogens (primary N) is 1. The fourth-order valence-electron chi connectivity index (χ4n) is 1.32. The fourth-order valence-corrected chi connectivity index (χ4v) is 1.32. The number of hydrogen-bond acceptors (Lipinski definition) is 5. The van der Waals surface area contributed by atoms with Crippen LogP contribution in [0.5, 0.6) is 0 Å². The third-order valence-corrected chi connectivity index (χ3v) is 2.02. The molecule has 0 aromatic heterocycles. The number of ether oxygens (including phenoxy) is 1. The molecule has 4 N–H and O–H groups in total. The van der Waals surface area contributed by atoms with E-state index in [1.807, 2.05) is 0 Å². The molecule has 0 saturated heterocycles. The minimum atomic E-state index is -1.03. The highest BCUT2D eigenvalue weighted by Crippen LogP contribution is 2.11. The van der Waals surface area contributed by atoms with E-state index < -0.39 is 24.5 Å². The van der Waals surface area contributed by atoms with Gasteiger partial charge < -0.3 is 15.8 Å². The van der Waals surface area contributed by atoms with Gasteiger partial charge in [0.2, 0.25) is 5.91 Å². The molecule has 0 atom stereocenters. The van der Waals surface area contributed by atoms with Crippen LogP contribution in [-0.4, -0.2) is 30.4 Å². The highest BCUT2D eigenvalue weighted by Gasteiger charge is 2.11. The number of anilines is 1. The molecule has 0 unspecified atom stereocenters. The topological polar surface area (TPSA) is 128 Å². The second-order valence-electron chi connectivity index (χ2n) is 3.75. The number of benzene rings is 1. The van der Waals surface area contributed by atoms with Gasteiger partial charge >= 0.3 is 12.0 Å². The lowest BCUT2D eigenvalue weighted by molar-refractivity contribution is -0.123. The van der Waals surface area contributed by atoms with Crippen LogP contribution in [0.1, 0.15) is 17.3 Å². The Morgan fingerprint density at radius 1 is 1.25 bits per heavy atom. The van der Waals surface area contributed by atoms with Crippen molar-refractivity contribution in [2.45, 2.75) is 6.92 Å². The normalized spacial score (nSPS) is 9.45. The predicted octanol–water partition coefficient (Wildman–Crippen LogP) is -0.00330. The molecule has 0 aliphatic heterocycles. The molecule has 0 aliphatic rings. The summed E-state index contributed by atoms with van der Waals surface area (Å²) in [5.74, 6) is -1.88. The van der Waals surface area contributed by atoms with Crippen molar-refractivity contribution >= 4 is 29.5 Å². The molecule has 0 saturated carbocycles.